The van der Waals surface area contributed by atoms with Gasteiger partial charge in [0, 0.05) is 12.6 Å². The molecular weight excluding hydrogens is 312 g/mol. The summed E-state index contributed by atoms with van der Waals surface area (Å²) in [5.74, 6) is 1.15. The molecule has 1 aromatic heterocycles. The molecule has 8 nitrogen and oxygen atoms in total. The van der Waals surface area contributed by atoms with Crippen LogP contribution in [0.1, 0.15) is 35.1 Å². The van der Waals surface area contributed by atoms with Gasteiger partial charge in [0.2, 0.25) is 6.79 Å². The number of carbonyl (C=O) groups excluding carboxylic acids is 1. The molecule has 4 rings (SSSR count). The zero-order valence-electron chi connectivity index (χ0n) is 13.3. The van der Waals surface area contributed by atoms with Crippen molar-refractivity contribution in [2.75, 3.05) is 20.4 Å². The Hall–Kier alpha value is -2.61. The van der Waals surface area contributed by atoms with Gasteiger partial charge in [0.25, 0.3) is 5.82 Å². The maximum absolute atomic E-state index is 11.5. The third-order valence-electron chi connectivity index (χ3n) is 4.38. The molecule has 0 radical (unpaired) electrons. The van der Waals surface area contributed by atoms with Crippen LogP contribution in [0.25, 0.3) is 0 Å². The van der Waals surface area contributed by atoms with Gasteiger partial charge >= 0.3 is 5.97 Å². The molecule has 0 aliphatic carbocycles. The molecule has 126 valence electrons. The van der Waals surface area contributed by atoms with Crippen molar-refractivity contribution in [3.8, 4) is 11.5 Å². The number of hydrogen-bond donors (Lipinski definition) is 0. The maximum Gasteiger partial charge on any atom is 0.377 e. The van der Waals surface area contributed by atoms with Crippen LogP contribution in [0.3, 0.4) is 0 Å². The predicted molar refractivity (Wildman–Crippen MR) is 82.6 cm³/mol. The Balaban J connectivity index is 1.50. The highest BCUT2D eigenvalue weighted by molar-refractivity contribution is 5.84. The van der Waals surface area contributed by atoms with Crippen LogP contribution >= 0.6 is 0 Å². The van der Waals surface area contributed by atoms with Crippen LogP contribution in [-0.4, -0.2) is 46.1 Å². The topological polar surface area (TPSA) is 78.7 Å². The molecule has 2 aromatic rings. The number of nitrogens with zero attached hydrogens (tertiary/aromatic N) is 4. The van der Waals surface area contributed by atoms with E-state index >= 15 is 0 Å². The van der Waals surface area contributed by atoms with Gasteiger partial charge in [-0.2, -0.15) is 0 Å². The number of esters is 1. The molecule has 0 unspecified atom stereocenters. The normalized spacial score (nSPS) is 19.6. The molecule has 1 saturated heterocycles. The van der Waals surface area contributed by atoms with Crippen molar-refractivity contribution in [3.63, 3.8) is 0 Å². The van der Waals surface area contributed by atoms with Gasteiger partial charge in [-0.05, 0) is 30.5 Å². The molecule has 8 heteroatoms. The maximum atomic E-state index is 11.5. The van der Waals surface area contributed by atoms with Gasteiger partial charge in [0.15, 0.2) is 11.5 Å². The fourth-order valence-electron chi connectivity index (χ4n) is 3.23. The lowest BCUT2D eigenvalue weighted by Crippen LogP contribution is -2.26. The molecular formula is C16H18N4O4. The number of carbonyl (C=O) groups is 1. The summed E-state index contributed by atoms with van der Waals surface area (Å²) in [7, 11) is 1.32. The fraction of sp³-hybridized carbons (Fsp3) is 0.438. The van der Waals surface area contributed by atoms with E-state index < -0.39 is 5.97 Å². The van der Waals surface area contributed by atoms with E-state index in [2.05, 4.69) is 25.8 Å². The van der Waals surface area contributed by atoms with Crippen LogP contribution in [-0.2, 0) is 11.4 Å². The van der Waals surface area contributed by atoms with Gasteiger partial charge in [-0.1, -0.05) is 6.07 Å². The molecule has 0 saturated carbocycles. The molecule has 2 aliphatic rings. The number of aromatic nitrogens is 3. The second kappa shape index (κ2) is 6.12. The van der Waals surface area contributed by atoms with Gasteiger partial charge in [-0.25, -0.2) is 14.5 Å². The van der Waals surface area contributed by atoms with Gasteiger partial charge in [0.1, 0.15) is 6.33 Å². The summed E-state index contributed by atoms with van der Waals surface area (Å²) < 4.78 is 17.1. The number of likely N-dealkylation sites (tertiary alicyclic amines) is 1. The highest BCUT2D eigenvalue weighted by atomic mass is 16.7. The third kappa shape index (κ3) is 2.69. The molecule has 1 aromatic carbocycles. The Labute approximate surface area is 138 Å². The van der Waals surface area contributed by atoms with Crippen LogP contribution in [0.2, 0.25) is 0 Å². The predicted octanol–water partition coefficient (Wildman–Crippen LogP) is 1.59. The summed E-state index contributed by atoms with van der Waals surface area (Å²) in [6.07, 6.45) is 3.73. The van der Waals surface area contributed by atoms with E-state index in [1.54, 1.807) is 11.0 Å². The Morgan fingerprint density at radius 1 is 1.38 bits per heavy atom. The zero-order chi connectivity index (χ0) is 16.5. The van der Waals surface area contributed by atoms with Gasteiger partial charge in [-0.15, -0.1) is 5.10 Å². The first-order valence-corrected chi connectivity index (χ1v) is 7.86. The molecule has 1 atom stereocenters. The van der Waals surface area contributed by atoms with Crippen molar-refractivity contribution < 1.29 is 19.0 Å². The first kappa shape index (κ1) is 14.9. The van der Waals surface area contributed by atoms with Crippen LogP contribution in [0.15, 0.2) is 24.5 Å². The van der Waals surface area contributed by atoms with E-state index in [1.807, 2.05) is 12.1 Å². The summed E-state index contributed by atoms with van der Waals surface area (Å²) in [6.45, 7) is 1.82. The Morgan fingerprint density at radius 2 is 2.25 bits per heavy atom. The molecule has 0 bridgehead atoms. The number of ether oxygens (including phenoxy) is 3. The summed E-state index contributed by atoms with van der Waals surface area (Å²) in [6, 6.07) is 6.37. The minimum atomic E-state index is -0.525. The van der Waals surface area contributed by atoms with Crippen LogP contribution in [0.5, 0.6) is 11.5 Å². The number of hydrogen-bond acceptors (Lipinski definition) is 7. The molecule has 0 spiro atoms. The second-order valence-corrected chi connectivity index (χ2v) is 5.82. The van der Waals surface area contributed by atoms with Crippen molar-refractivity contribution in [2.45, 2.75) is 25.6 Å². The smallest absolute Gasteiger partial charge is 0.377 e. The third-order valence-corrected chi connectivity index (χ3v) is 4.38. The number of benzene rings is 1. The number of rotatable bonds is 4. The molecule has 1 fully saturated rings. The van der Waals surface area contributed by atoms with Crippen molar-refractivity contribution >= 4 is 5.97 Å². The van der Waals surface area contributed by atoms with Crippen molar-refractivity contribution in [1.82, 2.24) is 19.7 Å². The summed E-state index contributed by atoms with van der Waals surface area (Å²) in [4.78, 5) is 17.8. The number of fused-ring (bicyclic) bond motifs is 1. The monoisotopic (exact) mass is 330 g/mol. The molecule has 2 aliphatic heterocycles. The van der Waals surface area contributed by atoms with Gasteiger partial charge < -0.3 is 14.2 Å². The van der Waals surface area contributed by atoms with E-state index in [-0.39, 0.29) is 18.7 Å². The average molecular weight is 330 g/mol. The van der Waals surface area contributed by atoms with Crippen LogP contribution in [0, 0.1) is 0 Å². The largest absolute Gasteiger partial charge is 0.463 e. The van der Waals surface area contributed by atoms with Crippen LogP contribution < -0.4 is 9.47 Å². The lowest BCUT2D eigenvalue weighted by Gasteiger charge is -2.24. The SMILES string of the molecule is COC(=O)c1ncn(CN2CCC[C@@H]2c2ccc3c(c2)OCO3)n1. The Bertz CT molecular complexity index is 760. The number of methoxy groups -OCH3 is 1. The van der Waals surface area contributed by atoms with E-state index in [1.165, 1.54) is 12.7 Å². The highest BCUT2D eigenvalue weighted by Gasteiger charge is 2.28. The lowest BCUT2D eigenvalue weighted by molar-refractivity contribution is 0.0585. The minimum Gasteiger partial charge on any atom is -0.463 e. The molecule has 24 heavy (non-hydrogen) atoms. The second-order valence-electron chi connectivity index (χ2n) is 5.82. The van der Waals surface area contributed by atoms with E-state index in [4.69, 9.17) is 9.47 Å². The average Bonchev–Trinajstić information content (AvgIpc) is 3.34. The summed E-state index contributed by atoms with van der Waals surface area (Å²) >= 11 is 0. The standard InChI is InChI=1S/C16H18N4O4/c1-22-16(21)15-17-8-20(18-15)9-19-6-2-3-12(19)11-4-5-13-14(7-11)24-10-23-13/h4-5,7-8,12H,2-3,6,9-10H2,1H3/t12-/m1/s1. The quantitative estimate of drug-likeness (QED) is 0.788. The molecule has 3 heterocycles. The van der Waals surface area contributed by atoms with Gasteiger partial charge in [0.05, 0.1) is 13.8 Å². The molecule has 0 amide bonds. The van der Waals surface area contributed by atoms with E-state index in [0.717, 1.165) is 30.9 Å². The highest BCUT2D eigenvalue weighted by Crippen LogP contribution is 2.38. The van der Waals surface area contributed by atoms with Crippen molar-refractivity contribution in [2.24, 2.45) is 0 Å². The molecule has 0 N–H and O–H groups in total. The van der Waals surface area contributed by atoms with Gasteiger partial charge in [-0.3, -0.25) is 4.90 Å². The van der Waals surface area contributed by atoms with E-state index in [9.17, 15) is 4.79 Å². The first-order chi connectivity index (χ1) is 11.7. The first-order valence-electron chi connectivity index (χ1n) is 7.86. The fourth-order valence-corrected chi connectivity index (χ4v) is 3.23. The van der Waals surface area contributed by atoms with Crippen LogP contribution in [0.4, 0.5) is 0 Å². The lowest BCUT2D eigenvalue weighted by atomic mass is 10.0. The summed E-state index contributed by atoms with van der Waals surface area (Å²) in [5, 5.41) is 4.18. The van der Waals surface area contributed by atoms with E-state index in [0.29, 0.717) is 6.67 Å². The summed E-state index contributed by atoms with van der Waals surface area (Å²) in [5.41, 5.74) is 1.20. The zero-order valence-corrected chi connectivity index (χ0v) is 13.3. The van der Waals surface area contributed by atoms with Crippen molar-refractivity contribution in [1.29, 1.82) is 0 Å². The minimum absolute atomic E-state index is 0.0799. The Kier molecular flexibility index (Phi) is 3.81. The van der Waals surface area contributed by atoms with Crippen molar-refractivity contribution in [3.05, 3.63) is 35.9 Å². The Morgan fingerprint density at radius 3 is 3.12 bits per heavy atom.